The van der Waals surface area contributed by atoms with E-state index in [0.29, 0.717) is 36.8 Å². The van der Waals surface area contributed by atoms with E-state index in [1.807, 2.05) is 6.92 Å². The van der Waals surface area contributed by atoms with Crippen molar-refractivity contribution in [1.82, 2.24) is 4.31 Å². The first-order valence-electron chi connectivity index (χ1n) is 9.36. The molecule has 0 N–H and O–H groups in total. The Labute approximate surface area is 162 Å². The topological polar surface area (TPSA) is 49.9 Å². The maximum Gasteiger partial charge on any atom is 0.243 e. The molecule has 1 fully saturated rings. The van der Waals surface area contributed by atoms with E-state index in [0.717, 1.165) is 12.0 Å². The zero-order valence-corrected chi connectivity index (χ0v) is 17.3. The summed E-state index contributed by atoms with van der Waals surface area (Å²) in [5.41, 5.74) is 4.65. The lowest BCUT2D eigenvalue weighted by Crippen LogP contribution is -2.49. The Morgan fingerprint density at radius 3 is 2.30 bits per heavy atom. The molecular formula is C21H28N2O3S. The minimum Gasteiger partial charge on any atom is -0.496 e. The molecule has 0 aromatic heterocycles. The molecule has 1 heterocycles. The first-order chi connectivity index (χ1) is 12.9. The molecule has 0 unspecified atom stereocenters. The summed E-state index contributed by atoms with van der Waals surface area (Å²) in [6.45, 7) is 8.53. The van der Waals surface area contributed by atoms with Crippen molar-refractivity contribution in [3.05, 3.63) is 53.1 Å². The third-order valence-corrected chi connectivity index (χ3v) is 7.16. The highest BCUT2D eigenvalue weighted by Gasteiger charge is 2.29. The fourth-order valence-corrected chi connectivity index (χ4v) is 5.28. The lowest BCUT2D eigenvalue weighted by atomic mass is 10.0. The first kappa shape index (κ1) is 19.7. The van der Waals surface area contributed by atoms with Gasteiger partial charge >= 0.3 is 0 Å². The van der Waals surface area contributed by atoms with Gasteiger partial charge in [0.05, 0.1) is 12.0 Å². The molecule has 3 rings (SSSR count). The van der Waals surface area contributed by atoms with E-state index in [9.17, 15) is 8.42 Å². The second kappa shape index (κ2) is 7.90. The third kappa shape index (κ3) is 3.82. The molecule has 0 aliphatic carbocycles. The summed E-state index contributed by atoms with van der Waals surface area (Å²) in [6, 6.07) is 11.4. The Hall–Kier alpha value is -2.05. The van der Waals surface area contributed by atoms with Crippen LogP contribution in [0, 0.1) is 13.8 Å². The SMILES string of the molecule is CCc1cccc(C)c1N1CCN(S(=O)(=O)c2ccc(OC)c(C)c2)CC1. The molecule has 0 saturated carbocycles. The van der Waals surface area contributed by atoms with Gasteiger partial charge in [0.2, 0.25) is 10.0 Å². The highest BCUT2D eigenvalue weighted by Crippen LogP contribution is 2.29. The number of para-hydroxylation sites is 1. The smallest absolute Gasteiger partial charge is 0.243 e. The second-order valence-corrected chi connectivity index (χ2v) is 8.90. The van der Waals surface area contributed by atoms with E-state index in [1.165, 1.54) is 16.8 Å². The van der Waals surface area contributed by atoms with Gasteiger partial charge in [-0.2, -0.15) is 4.31 Å². The van der Waals surface area contributed by atoms with Crippen molar-refractivity contribution in [2.24, 2.45) is 0 Å². The largest absolute Gasteiger partial charge is 0.496 e. The maximum absolute atomic E-state index is 13.0. The van der Waals surface area contributed by atoms with Crippen LogP contribution in [0.25, 0.3) is 0 Å². The first-order valence-corrected chi connectivity index (χ1v) is 10.8. The van der Waals surface area contributed by atoms with Crippen molar-refractivity contribution in [1.29, 1.82) is 0 Å². The molecule has 1 saturated heterocycles. The predicted molar refractivity (Wildman–Crippen MR) is 109 cm³/mol. The average Bonchev–Trinajstić information content (AvgIpc) is 2.67. The molecule has 5 nitrogen and oxygen atoms in total. The van der Waals surface area contributed by atoms with Crippen molar-refractivity contribution in [2.75, 3.05) is 38.2 Å². The number of nitrogens with zero attached hydrogens (tertiary/aromatic N) is 2. The molecule has 146 valence electrons. The van der Waals surface area contributed by atoms with Gasteiger partial charge < -0.3 is 9.64 Å². The van der Waals surface area contributed by atoms with E-state index < -0.39 is 10.0 Å². The van der Waals surface area contributed by atoms with Gasteiger partial charge in [-0.15, -0.1) is 0 Å². The molecule has 0 radical (unpaired) electrons. The van der Waals surface area contributed by atoms with E-state index in [4.69, 9.17) is 4.74 Å². The lowest BCUT2D eigenvalue weighted by Gasteiger charge is -2.37. The maximum atomic E-state index is 13.0. The van der Waals surface area contributed by atoms with Crippen LogP contribution in [0.3, 0.4) is 0 Å². The molecule has 2 aromatic rings. The Morgan fingerprint density at radius 1 is 1.00 bits per heavy atom. The van der Waals surface area contributed by atoms with Gasteiger partial charge in [-0.1, -0.05) is 25.1 Å². The summed E-state index contributed by atoms with van der Waals surface area (Å²) < 4.78 is 32.9. The number of methoxy groups -OCH3 is 1. The molecule has 1 aliphatic heterocycles. The molecule has 0 bridgehead atoms. The van der Waals surface area contributed by atoms with Crippen LogP contribution in [0.4, 0.5) is 5.69 Å². The van der Waals surface area contributed by atoms with Gasteiger partial charge in [-0.3, -0.25) is 0 Å². The number of benzene rings is 2. The number of hydrogen-bond acceptors (Lipinski definition) is 4. The number of aryl methyl sites for hydroxylation is 3. The molecule has 0 spiro atoms. The fraction of sp³-hybridized carbons (Fsp3) is 0.429. The van der Waals surface area contributed by atoms with Crippen LogP contribution in [0.1, 0.15) is 23.6 Å². The minimum absolute atomic E-state index is 0.333. The van der Waals surface area contributed by atoms with E-state index in [1.54, 1.807) is 29.6 Å². The van der Waals surface area contributed by atoms with Crippen molar-refractivity contribution >= 4 is 15.7 Å². The number of sulfonamides is 1. The molecule has 1 aliphatic rings. The van der Waals surface area contributed by atoms with Gasteiger partial charge in [0, 0.05) is 31.9 Å². The Kier molecular flexibility index (Phi) is 5.77. The van der Waals surface area contributed by atoms with Gasteiger partial charge in [-0.05, 0) is 55.2 Å². The molecule has 27 heavy (non-hydrogen) atoms. The van der Waals surface area contributed by atoms with Gasteiger partial charge in [-0.25, -0.2) is 8.42 Å². The second-order valence-electron chi connectivity index (χ2n) is 6.96. The van der Waals surface area contributed by atoms with Crippen LogP contribution >= 0.6 is 0 Å². The number of rotatable bonds is 5. The number of piperazine rings is 1. The zero-order valence-electron chi connectivity index (χ0n) is 16.5. The molecule has 6 heteroatoms. The summed E-state index contributed by atoms with van der Waals surface area (Å²) in [4.78, 5) is 2.65. The van der Waals surface area contributed by atoms with Crippen molar-refractivity contribution in [3.63, 3.8) is 0 Å². The normalized spacial score (nSPS) is 15.8. The van der Waals surface area contributed by atoms with Gasteiger partial charge in [0.25, 0.3) is 0 Å². The Balaban J connectivity index is 1.78. The summed E-state index contributed by atoms with van der Waals surface area (Å²) in [6.07, 6.45) is 0.973. The van der Waals surface area contributed by atoms with Crippen molar-refractivity contribution < 1.29 is 13.2 Å². The van der Waals surface area contributed by atoms with Gasteiger partial charge in [0.15, 0.2) is 0 Å². The molecular weight excluding hydrogens is 360 g/mol. The minimum atomic E-state index is -3.49. The molecule has 2 aromatic carbocycles. The van der Waals surface area contributed by atoms with Crippen molar-refractivity contribution in [2.45, 2.75) is 32.1 Å². The van der Waals surface area contributed by atoms with Crippen LogP contribution in [-0.2, 0) is 16.4 Å². The van der Waals surface area contributed by atoms with Crippen molar-refractivity contribution in [3.8, 4) is 5.75 Å². The highest BCUT2D eigenvalue weighted by atomic mass is 32.2. The van der Waals surface area contributed by atoms with Crippen LogP contribution < -0.4 is 9.64 Å². The van der Waals surface area contributed by atoms with Crippen LogP contribution in [-0.4, -0.2) is 46.0 Å². The zero-order chi connectivity index (χ0) is 19.6. The highest BCUT2D eigenvalue weighted by molar-refractivity contribution is 7.89. The number of anilines is 1. The summed E-state index contributed by atoms with van der Waals surface area (Å²) in [7, 11) is -1.90. The summed E-state index contributed by atoms with van der Waals surface area (Å²) in [5, 5.41) is 0. The van der Waals surface area contributed by atoms with E-state index >= 15 is 0 Å². The Bertz CT molecular complexity index is 917. The van der Waals surface area contributed by atoms with Gasteiger partial charge in [0.1, 0.15) is 5.75 Å². The summed E-state index contributed by atoms with van der Waals surface area (Å²) in [5.74, 6) is 0.699. The molecule has 0 amide bonds. The fourth-order valence-electron chi connectivity index (χ4n) is 3.77. The third-order valence-electron chi connectivity index (χ3n) is 5.26. The quantitative estimate of drug-likeness (QED) is 0.788. The monoisotopic (exact) mass is 388 g/mol. The summed E-state index contributed by atoms with van der Waals surface area (Å²) >= 11 is 0. The average molecular weight is 389 g/mol. The number of hydrogen-bond donors (Lipinski definition) is 0. The lowest BCUT2D eigenvalue weighted by molar-refractivity contribution is 0.384. The Morgan fingerprint density at radius 2 is 1.70 bits per heavy atom. The van der Waals surface area contributed by atoms with E-state index in [2.05, 4.69) is 36.9 Å². The van der Waals surface area contributed by atoms with Crippen LogP contribution in [0.5, 0.6) is 5.75 Å². The van der Waals surface area contributed by atoms with E-state index in [-0.39, 0.29) is 0 Å². The predicted octanol–water partition coefficient (Wildman–Crippen LogP) is 3.39. The van der Waals surface area contributed by atoms with Crippen LogP contribution in [0.15, 0.2) is 41.3 Å². The standard InChI is InChI=1S/C21H28N2O3S/c1-5-18-8-6-7-16(2)21(18)22-11-13-23(14-12-22)27(24,25)19-9-10-20(26-4)17(3)15-19/h6-10,15H,5,11-14H2,1-4H3. The number of ether oxygens (including phenoxy) is 1. The molecule has 0 atom stereocenters. The van der Waals surface area contributed by atoms with Crippen LogP contribution in [0.2, 0.25) is 0 Å².